The molecule has 0 unspecified atom stereocenters. The molecular weight excluding hydrogens is 562 g/mol. The minimum atomic E-state index is -3.87. The van der Waals surface area contributed by atoms with Gasteiger partial charge in [-0.1, -0.05) is 78.4 Å². The van der Waals surface area contributed by atoms with E-state index in [2.05, 4.69) is 5.32 Å². The number of aryl methyl sites for hydroxylation is 1. The number of nitrogens with one attached hydrogen (secondary N) is 1. The van der Waals surface area contributed by atoms with Crippen LogP contribution in [0.3, 0.4) is 0 Å². The number of ether oxygens (including phenoxy) is 1. The molecule has 4 rings (SSSR count). The number of anilines is 1. The summed E-state index contributed by atoms with van der Waals surface area (Å²) in [6.45, 7) is 3.83. The molecule has 0 aliphatic heterocycles. The predicted molar refractivity (Wildman–Crippen MR) is 169 cm³/mol. The van der Waals surface area contributed by atoms with Crippen LogP contribution in [-0.4, -0.2) is 50.5 Å². The van der Waals surface area contributed by atoms with Crippen molar-refractivity contribution in [3.05, 3.63) is 126 Å². The first-order valence-corrected chi connectivity index (χ1v) is 16.0. The van der Waals surface area contributed by atoms with E-state index < -0.39 is 28.5 Å². The zero-order valence-corrected chi connectivity index (χ0v) is 25.5. The highest BCUT2D eigenvalue weighted by Crippen LogP contribution is 2.26. The van der Waals surface area contributed by atoms with E-state index in [-0.39, 0.29) is 18.9 Å². The first-order valence-electron chi connectivity index (χ1n) is 14.1. The van der Waals surface area contributed by atoms with Gasteiger partial charge in [-0.05, 0) is 61.4 Å². The van der Waals surface area contributed by atoms with Gasteiger partial charge in [-0.15, -0.1) is 0 Å². The molecule has 43 heavy (non-hydrogen) atoms. The van der Waals surface area contributed by atoms with Crippen LogP contribution in [0.15, 0.2) is 109 Å². The van der Waals surface area contributed by atoms with E-state index in [0.29, 0.717) is 23.7 Å². The number of hydrogen-bond acceptors (Lipinski definition) is 5. The van der Waals surface area contributed by atoms with Crippen LogP contribution in [0, 0.1) is 6.92 Å². The minimum Gasteiger partial charge on any atom is -0.457 e. The summed E-state index contributed by atoms with van der Waals surface area (Å²) in [5.41, 5.74) is 3.04. The number of hydrogen-bond donors (Lipinski definition) is 1. The first-order chi connectivity index (χ1) is 20.6. The molecule has 0 fully saturated rings. The number of sulfonamides is 1. The van der Waals surface area contributed by atoms with Crippen molar-refractivity contribution < 1.29 is 22.7 Å². The van der Waals surface area contributed by atoms with Gasteiger partial charge in [0.1, 0.15) is 24.1 Å². The summed E-state index contributed by atoms with van der Waals surface area (Å²) < 4.78 is 32.9. The maximum atomic E-state index is 14.1. The van der Waals surface area contributed by atoms with Gasteiger partial charge in [-0.3, -0.25) is 13.9 Å². The number of likely N-dealkylation sites (N-methyl/N-ethyl adjacent to an activating group) is 1. The molecule has 1 N–H and O–H groups in total. The molecular formula is C34H37N3O5S. The van der Waals surface area contributed by atoms with Gasteiger partial charge < -0.3 is 15.0 Å². The monoisotopic (exact) mass is 599 g/mol. The summed E-state index contributed by atoms with van der Waals surface area (Å²) in [5, 5.41) is 2.86. The predicted octanol–water partition coefficient (Wildman–Crippen LogP) is 5.33. The Bertz CT molecular complexity index is 1610. The maximum absolute atomic E-state index is 14.1. The SMILES string of the molecule is CCNC(=O)[C@H](Cc1ccccc1)N(Cc1cccc(C)c1)C(=O)CN(c1ccc(Oc2ccccc2)cc1)S(C)(=O)=O. The quantitative estimate of drug-likeness (QED) is 0.224. The molecule has 224 valence electrons. The molecule has 0 spiro atoms. The summed E-state index contributed by atoms with van der Waals surface area (Å²) in [6, 6.07) is 32.0. The molecule has 0 saturated heterocycles. The second-order valence-corrected chi connectivity index (χ2v) is 12.2. The highest BCUT2D eigenvalue weighted by atomic mass is 32.2. The van der Waals surface area contributed by atoms with E-state index in [1.54, 1.807) is 24.3 Å². The van der Waals surface area contributed by atoms with Crippen LogP contribution in [0.2, 0.25) is 0 Å². The molecule has 4 aromatic rings. The number of benzene rings is 4. The third-order valence-corrected chi connectivity index (χ3v) is 7.98. The van der Waals surface area contributed by atoms with Crippen LogP contribution in [0.25, 0.3) is 0 Å². The largest absolute Gasteiger partial charge is 0.457 e. The highest BCUT2D eigenvalue weighted by molar-refractivity contribution is 7.92. The first kappa shape index (κ1) is 31.3. The Morgan fingerprint density at radius 3 is 2.02 bits per heavy atom. The number of para-hydroxylation sites is 1. The summed E-state index contributed by atoms with van der Waals surface area (Å²) in [4.78, 5) is 29.1. The number of nitrogens with zero attached hydrogens (tertiary/aromatic N) is 2. The zero-order chi connectivity index (χ0) is 30.8. The summed E-state index contributed by atoms with van der Waals surface area (Å²) in [7, 11) is -3.87. The average Bonchev–Trinajstić information content (AvgIpc) is 2.99. The maximum Gasteiger partial charge on any atom is 0.244 e. The molecule has 0 aromatic heterocycles. The van der Waals surface area contributed by atoms with Gasteiger partial charge >= 0.3 is 0 Å². The normalized spacial score (nSPS) is 11.8. The number of rotatable bonds is 13. The Kier molecular flexibility index (Phi) is 10.6. The van der Waals surface area contributed by atoms with Crippen molar-refractivity contribution in [2.45, 2.75) is 32.9 Å². The van der Waals surface area contributed by atoms with E-state index in [0.717, 1.165) is 27.3 Å². The molecule has 0 radical (unpaired) electrons. The molecule has 0 heterocycles. The summed E-state index contributed by atoms with van der Waals surface area (Å²) >= 11 is 0. The Hall–Kier alpha value is -4.63. The van der Waals surface area contributed by atoms with Crippen molar-refractivity contribution in [2.24, 2.45) is 0 Å². The fraction of sp³-hybridized carbons (Fsp3) is 0.235. The van der Waals surface area contributed by atoms with Crippen molar-refractivity contribution in [3.8, 4) is 11.5 Å². The van der Waals surface area contributed by atoms with Crippen molar-refractivity contribution >= 4 is 27.5 Å². The molecule has 8 nitrogen and oxygen atoms in total. The standard InChI is InChI=1S/C34H37N3O5S/c1-4-35-34(39)32(23-27-13-7-5-8-14-27)36(24-28-15-11-12-26(2)22-28)33(38)25-37(43(3,40)41)29-18-20-31(21-19-29)42-30-16-9-6-10-17-30/h5-22,32H,4,23-25H2,1-3H3,(H,35,39)/t32-/m0/s1. The Labute approximate surface area is 254 Å². The molecule has 0 aliphatic rings. The molecule has 1 atom stereocenters. The minimum absolute atomic E-state index is 0.136. The van der Waals surface area contributed by atoms with Crippen molar-refractivity contribution in [2.75, 3.05) is 23.7 Å². The van der Waals surface area contributed by atoms with Gasteiger partial charge in [0.05, 0.1) is 11.9 Å². The van der Waals surface area contributed by atoms with Crippen molar-refractivity contribution in [1.29, 1.82) is 0 Å². The van der Waals surface area contributed by atoms with E-state index in [1.807, 2.05) is 98.8 Å². The van der Waals surface area contributed by atoms with E-state index in [1.165, 1.54) is 4.90 Å². The molecule has 0 saturated carbocycles. The van der Waals surface area contributed by atoms with Crippen LogP contribution in [0.1, 0.15) is 23.6 Å². The smallest absolute Gasteiger partial charge is 0.244 e. The fourth-order valence-corrected chi connectivity index (χ4v) is 5.62. The van der Waals surface area contributed by atoms with Crippen LogP contribution in [0.5, 0.6) is 11.5 Å². The number of carbonyl (C=O) groups excluding carboxylic acids is 2. The van der Waals surface area contributed by atoms with Gasteiger partial charge in [-0.25, -0.2) is 8.42 Å². The Morgan fingerprint density at radius 1 is 0.814 bits per heavy atom. The molecule has 0 aliphatic carbocycles. The van der Waals surface area contributed by atoms with E-state index >= 15 is 0 Å². The molecule has 9 heteroatoms. The lowest BCUT2D eigenvalue weighted by molar-refractivity contribution is -0.140. The number of carbonyl (C=O) groups is 2. The lowest BCUT2D eigenvalue weighted by Gasteiger charge is -2.33. The van der Waals surface area contributed by atoms with Crippen LogP contribution < -0.4 is 14.4 Å². The summed E-state index contributed by atoms with van der Waals surface area (Å²) in [6.07, 6.45) is 1.33. The molecule has 4 aromatic carbocycles. The van der Waals surface area contributed by atoms with Gasteiger partial charge in [-0.2, -0.15) is 0 Å². The number of amides is 2. The van der Waals surface area contributed by atoms with Crippen LogP contribution in [0.4, 0.5) is 5.69 Å². The summed E-state index contributed by atoms with van der Waals surface area (Å²) in [5.74, 6) is 0.367. The van der Waals surface area contributed by atoms with Gasteiger partial charge in [0.15, 0.2) is 0 Å². The van der Waals surface area contributed by atoms with Gasteiger partial charge in [0.2, 0.25) is 21.8 Å². The third kappa shape index (κ3) is 8.93. The van der Waals surface area contributed by atoms with Crippen molar-refractivity contribution in [3.63, 3.8) is 0 Å². The third-order valence-electron chi connectivity index (χ3n) is 6.84. The van der Waals surface area contributed by atoms with Gasteiger partial charge in [0.25, 0.3) is 0 Å². The van der Waals surface area contributed by atoms with Crippen LogP contribution >= 0.6 is 0 Å². The van der Waals surface area contributed by atoms with Crippen molar-refractivity contribution in [1.82, 2.24) is 10.2 Å². The average molecular weight is 600 g/mol. The zero-order valence-electron chi connectivity index (χ0n) is 24.6. The molecule has 2 amide bonds. The topological polar surface area (TPSA) is 96.0 Å². The lowest BCUT2D eigenvalue weighted by Crippen LogP contribution is -2.53. The van der Waals surface area contributed by atoms with E-state index in [9.17, 15) is 18.0 Å². The second-order valence-electron chi connectivity index (χ2n) is 10.3. The van der Waals surface area contributed by atoms with Crippen LogP contribution in [-0.2, 0) is 32.6 Å². The van der Waals surface area contributed by atoms with Gasteiger partial charge in [0, 0.05) is 19.5 Å². The lowest BCUT2D eigenvalue weighted by atomic mass is 10.0. The second kappa shape index (κ2) is 14.5. The molecule has 0 bridgehead atoms. The Balaban J connectivity index is 1.66. The fourth-order valence-electron chi connectivity index (χ4n) is 4.77. The highest BCUT2D eigenvalue weighted by Gasteiger charge is 2.32. The Morgan fingerprint density at radius 2 is 1.42 bits per heavy atom. The van der Waals surface area contributed by atoms with E-state index in [4.69, 9.17) is 4.74 Å².